The summed E-state index contributed by atoms with van der Waals surface area (Å²) < 4.78 is 109. The first kappa shape index (κ1) is 15.0. The zero-order valence-electron chi connectivity index (χ0n) is 34.5. The van der Waals surface area contributed by atoms with Crippen LogP contribution in [-0.4, -0.2) is 0 Å². The van der Waals surface area contributed by atoms with Gasteiger partial charge in [-0.2, -0.15) is 0 Å². The van der Waals surface area contributed by atoms with E-state index in [2.05, 4.69) is 0 Å². The Morgan fingerprint density at radius 2 is 1.07 bits per heavy atom. The minimum Gasteiger partial charge on any atom is -0.455 e. The van der Waals surface area contributed by atoms with Crippen molar-refractivity contribution in [3.8, 4) is 33.4 Å². The fraction of sp³-hybridized carbons (Fsp3) is 0. The molecule has 9 aromatic rings. The molecule has 0 unspecified atom stereocenters. The van der Waals surface area contributed by atoms with Crippen molar-refractivity contribution in [2.24, 2.45) is 0 Å². The molecule has 0 radical (unpaired) electrons. The summed E-state index contributed by atoms with van der Waals surface area (Å²) in [7, 11) is 0. The Bertz CT molecular complexity index is 3090. The average molecular weight is 559 g/mol. The second kappa shape index (κ2) is 9.44. The first-order valence-corrected chi connectivity index (χ1v) is 13.8. The Morgan fingerprint density at radius 1 is 0.419 bits per heavy atom. The zero-order valence-corrected chi connectivity index (χ0v) is 22.5. The van der Waals surface area contributed by atoms with Crippen LogP contribution in [0.5, 0.6) is 0 Å². The molecule has 8 aromatic carbocycles. The largest absolute Gasteiger partial charge is 0.455 e. The predicted octanol–water partition coefficient (Wildman–Crippen LogP) is 12.0. The number of hydrogen-bond donors (Lipinski definition) is 0. The molecule has 0 amide bonds. The van der Waals surface area contributed by atoms with Crippen LogP contribution in [-0.2, 0) is 0 Å². The highest BCUT2D eigenvalue weighted by molar-refractivity contribution is 6.24. The fourth-order valence-electron chi connectivity index (χ4n) is 6.24. The topological polar surface area (TPSA) is 13.1 Å². The van der Waals surface area contributed by atoms with E-state index in [9.17, 15) is 1.37 Å². The third-order valence-corrected chi connectivity index (χ3v) is 8.05. The summed E-state index contributed by atoms with van der Waals surface area (Å²) in [5.41, 5.74) is 3.55. The summed E-state index contributed by atoms with van der Waals surface area (Å²) in [5, 5.41) is 4.24. The summed E-state index contributed by atoms with van der Waals surface area (Å²) in [6, 6.07) is 21.1. The van der Waals surface area contributed by atoms with E-state index < -0.39 is 48.3 Å². The number of rotatable bonds is 3. The lowest BCUT2D eigenvalue weighted by molar-refractivity contribution is 0.670. The van der Waals surface area contributed by atoms with Crippen LogP contribution in [0.1, 0.15) is 16.4 Å². The molecular weight excluding hydrogens is 520 g/mol. The highest BCUT2D eigenvalue weighted by Gasteiger charge is 2.19. The van der Waals surface area contributed by atoms with E-state index in [4.69, 9.17) is 19.5 Å². The summed E-state index contributed by atoms with van der Waals surface area (Å²) in [4.78, 5) is 0. The van der Waals surface area contributed by atoms with Gasteiger partial charge in [0.1, 0.15) is 11.2 Å². The molecule has 43 heavy (non-hydrogen) atoms. The van der Waals surface area contributed by atoms with Gasteiger partial charge >= 0.3 is 0 Å². The molecule has 0 saturated heterocycles. The van der Waals surface area contributed by atoms with Crippen molar-refractivity contribution in [3.05, 3.63) is 157 Å². The highest BCUT2D eigenvalue weighted by atomic mass is 16.3. The summed E-state index contributed by atoms with van der Waals surface area (Å²) in [5.74, 6) is 0. The van der Waals surface area contributed by atoms with Crippen LogP contribution < -0.4 is 0 Å². The van der Waals surface area contributed by atoms with E-state index in [1.807, 2.05) is 72.8 Å². The van der Waals surface area contributed by atoms with Crippen LogP contribution in [0, 0.1) is 0 Å². The van der Waals surface area contributed by atoms with Gasteiger partial charge in [-0.15, -0.1) is 0 Å². The van der Waals surface area contributed by atoms with Crippen molar-refractivity contribution in [2.75, 3.05) is 0 Å². The smallest absolute Gasteiger partial charge is 0.143 e. The maximum absolute atomic E-state index is 9.17. The molecule has 0 aliphatic rings. The molecule has 0 saturated carbocycles. The van der Waals surface area contributed by atoms with E-state index >= 15 is 0 Å². The quantitative estimate of drug-likeness (QED) is 0.197. The Balaban J connectivity index is 1.36. The molecule has 0 atom stereocenters. The lowest BCUT2D eigenvalue weighted by Gasteiger charge is -2.18. The number of para-hydroxylation sites is 1. The average Bonchev–Trinajstić information content (AvgIpc) is 3.57. The monoisotopic (exact) mass is 558 g/mol. The minimum absolute atomic E-state index is 0.0127. The van der Waals surface area contributed by atoms with Crippen molar-refractivity contribution in [1.29, 1.82) is 0 Å². The van der Waals surface area contributed by atoms with Crippen molar-refractivity contribution in [1.82, 2.24) is 0 Å². The van der Waals surface area contributed by atoms with E-state index in [0.717, 1.165) is 27.3 Å². The van der Waals surface area contributed by atoms with Crippen LogP contribution in [0.25, 0.3) is 87.6 Å². The van der Waals surface area contributed by atoms with Crippen LogP contribution in [0.4, 0.5) is 0 Å². The third-order valence-electron chi connectivity index (χ3n) is 8.05. The number of fused-ring (bicyclic) bond motifs is 6. The minimum atomic E-state index is -0.513. The number of furan rings is 1. The maximum atomic E-state index is 9.17. The first-order chi connectivity index (χ1) is 26.3. The van der Waals surface area contributed by atoms with E-state index in [-0.39, 0.29) is 46.1 Å². The van der Waals surface area contributed by atoms with Crippen LogP contribution in [0.15, 0.2) is 162 Å². The molecule has 0 N–H and O–H groups in total. The number of hydrogen-bond acceptors (Lipinski definition) is 1. The van der Waals surface area contributed by atoms with Crippen molar-refractivity contribution < 1.29 is 20.9 Å². The molecule has 1 aromatic heterocycles. The molecule has 0 fully saturated rings. The molecule has 1 nitrogen and oxygen atoms in total. The predicted molar refractivity (Wildman–Crippen MR) is 183 cm³/mol. The summed E-state index contributed by atoms with van der Waals surface area (Å²) >= 11 is 0. The lowest BCUT2D eigenvalue weighted by atomic mass is 9.84. The Morgan fingerprint density at radius 3 is 1.84 bits per heavy atom. The second-order valence-corrected chi connectivity index (χ2v) is 10.3. The molecule has 1 heterocycles. The SMILES string of the molecule is [2H]c1c([2H])c([2H])c(-c2cccc3c2oc2cc(-c4c5ccccc5c(-c5c([2H])c([2H])c([2H])c6c([2H])c([2H])c([2H])c([2H])c56)c5ccccc45)ccc23)c([2H])c1[2H]. The van der Waals surface area contributed by atoms with Gasteiger partial charge < -0.3 is 4.42 Å². The number of benzene rings is 8. The Hall–Kier alpha value is -5.66. The van der Waals surface area contributed by atoms with Gasteiger partial charge in [0, 0.05) is 16.3 Å². The van der Waals surface area contributed by atoms with Gasteiger partial charge in [-0.25, -0.2) is 0 Å². The third kappa shape index (κ3) is 3.65. The normalized spacial score (nSPS) is 15.6. The van der Waals surface area contributed by atoms with Crippen molar-refractivity contribution in [2.45, 2.75) is 0 Å². The Kier molecular flexibility index (Phi) is 3.29. The van der Waals surface area contributed by atoms with Gasteiger partial charge in [0.2, 0.25) is 0 Å². The molecule has 200 valence electrons. The highest BCUT2D eigenvalue weighted by Crippen LogP contribution is 2.46. The maximum Gasteiger partial charge on any atom is 0.143 e. The van der Waals surface area contributed by atoms with Gasteiger partial charge in [0.05, 0.1) is 16.4 Å². The standard InChI is InChI=1S/C42H26O/c1-2-12-28(13-3-1)31-21-11-23-38-32-25-24-29(26-39(32)43-42(31)38)40-34-17-6-8-19-36(34)41(37-20-9-7-18-35(37)40)33-22-10-15-27-14-4-5-16-30(27)33/h1-26H/i1D,2D,3D,4D,5D,10D,12D,13D,14D,15D,16D,22D. The lowest BCUT2D eigenvalue weighted by Crippen LogP contribution is -1.91. The van der Waals surface area contributed by atoms with Gasteiger partial charge in [-0.1, -0.05) is 145 Å². The zero-order chi connectivity index (χ0) is 38.8. The molecule has 0 bridgehead atoms. The Labute approximate surface area is 266 Å². The van der Waals surface area contributed by atoms with E-state index in [1.54, 1.807) is 12.1 Å². The molecule has 9 rings (SSSR count). The second-order valence-electron chi connectivity index (χ2n) is 10.3. The van der Waals surface area contributed by atoms with Crippen LogP contribution in [0.3, 0.4) is 0 Å². The molecule has 0 aliphatic heterocycles. The summed E-state index contributed by atoms with van der Waals surface area (Å²) in [6.45, 7) is 0. The van der Waals surface area contributed by atoms with Crippen LogP contribution in [0.2, 0.25) is 0 Å². The van der Waals surface area contributed by atoms with Crippen molar-refractivity contribution in [3.63, 3.8) is 0 Å². The summed E-state index contributed by atoms with van der Waals surface area (Å²) in [6.07, 6.45) is 0. The van der Waals surface area contributed by atoms with Gasteiger partial charge in [0.25, 0.3) is 0 Å². The molecular formula is C42H26O. The van der Waals surface area contributed by atoms with Crippen molar-refractivity contribution >= 4 is 54.3 Å². The van der Waals surface area contributed by atoms with Gasteiger partial charge in [-0.05, 0) is 72.3 Å². The fourth-order valence-corrected chi connectivity index (χ4v) is 6.24. The first-order valence-electron chi connectivity index (χ1n) is 19.8. The molecule has 1 heteroatoms. The van der Waals surface area contributed by atoms with Crippen LogP contribution >= 0.6 is 0 Å². The van der Waals surface area contributed by atoms with E-state index in [1.165, 1.54) is 0 Å². The van der Waals surface area contributed by atoms with Gasteiger partial charge in [0.15, 0.2) is 0 Å². The van der Waals surface area contributed by atoms with E-state index in [0.29, 0.717) is 38.5 Å². The molecule has 0 spiro atoms. The van der Waals surface area contributed by atoms with Gasteiger partial charge in [-0.3, -0.25) is 0 Å². The molecule has 0 aliphatic carbocycles.